The van der Waals surface area contributed by atoms with E-state index in [2.05, 4.69) is 15.4 Å². The van der Waals surface area contributed by atoms with Gasteiger partial charge in [-0.3, -0.25) is 4.79 Å². The molecule has 3 N–H and O–H groups in total. The topological polar surface area (TPSA) is 85.8 Å². The second kappa shape index (κ2) is 8.12. The second-order valence-corrected chi connectivity index (χ2v) is 4.98. The summed E-state index contributed by atoms with van der Waals surface area (Å²) in [7, 11) is 0. The fourth-order valence-corrected chi connectivity index (χ4v) is 2.19. The number of carbonyl (C=O) groups excluding carboxylic acids is 1. The van der Waals surface area contributed by atoms with Gasteiger partial charge in [0.15, 0.2) is 5.82 Å². The van der Waals surface area contributed by atoms with E-state index in [0.29, 0.717) is 24.0 Å². The lowest BCUT2D eigenvalue weighted by Crippen LogP contribution is -2.42. The number of hydrogen-bond donors (Lipinski definition) is 2. The zero-order valence-electron chi connectivity index (χ0n) is 11.9. The quantitative estimate of drug-likeness (QED) is 0.862. The van der Waals surface area contributed by atoms with Crippen molar-refractivity contribution in [2.24, 2.45) is 11.7 Å². The van der Waals surface area contributed by atoms with Gasteiger partial charge in [0.2, 0.25) is 0 Å². The van der Waals surface area contributed by atoms with Gasteiger partial charge in [0, 0.05) is 25.0 Å². The van der Waals surface area contributed by atoms with Crippen molar-refractivity contribution < 1.29 is 4.79 Å². The highest BCUT2D eigenvalue weighted by molar-refractivity contribution is 5.92. The second-order valence-electron chi connectivity index (χ2n) is 4.98. The number of nitrogens with zero attached hydrogens (tertiary/aromatic N) is 3. The predicted molar refractivity (Wildman–Crippen MR) is 88.9 cm³/mol. The standard InChI is InChI=1S/C14H17N5O.2ClH/c15-9-12(10-5-6-10)18-14(20)11-3-1-4-13(17-11)19-8-2-7-16-19;;/h1-4,7-8,10,12H,5-6,9,15H2,(H,18,20);2*1H. The van der Waals surface area contributed by atoms with Gasteiger partial charge in [-0.2, -0.15) is 5.10 Å². The van der Waals surface area contributed by atoms with Crippen LogP contribution in [-0.2, 0) is 0 Å². The average Bonchev–Trinajstić information content (AvgIpc) is 3.18. The molecule has 1 amide bonds. The Morgan fingerprint density at radius 3 is 2.73 bits per heavy atom. The van der Waals surface area contributed by atoms with E-state index < -0.39 is 0 Å². The third-order valence-corrected chi connectivity index (χ3v) is 3.47. The molecule has 0 radical (unpaired) electrons. The molecule has 120 valence electrons. The van der Waals surface area contributed by atoms with Crippen molar-refractivity contribution in [3.05, 3.63) is 42.4 Å². The first-order chi connectivity index (χ1) is 9.78. The highest BCUT2D eigenvalue weighted by atomic mass is 35.5. The van der Waals surface area contributed by atoms with Crippen LogP contribution in [0.3, 0.4) is 0 Å². The zero-order chi connectivity index (χ0) is 13.9. The molecule has 0 spiro atoms. The number of aromatic nitrogens is 3. The van der Waals surface area contributed by atoms with E-state index in [9.17, 15) is 4.79 Å². The number of nitrogens with one attached hydrogen (secondary N) is 1. The normalized spacial score (nSPS) is 14.4. The summed E-state index contributed by atoms with van der Waals surface area (Å²) < 4.78 is 1.62. The molecule has 0 aromatic carbocycles. The van der Waals surface area contributed by atoms with E-state index in [4.69, 9.17) is 5.73 Å². The minimum absolute atomic E-state index is 0. The maximum Gasteiger partial charge on any atom is 0.270 e. The number of amides is 1. The van der Waals surface area contributed by atoms with Crippen LogP contribution in [0.25, 0.3) is 5.82 Å². The summed E-state index contributed by atoms with van der Waals surface area (Å²) in [4.78, 5) is 16.5. The fourth-order valence-electron chi connectivity index (χ4n) is 2.19. The van der Waals surface area contributed by atoms with Crippen molar-refractivity contribution in [1.82, 2.24) is 20.1 Å². The molecule has 2 aromatic heterocycles. The molecule has 1 unspecified atom stereocenters. The molecule has 0 bridgehead atoms. The summed E-state index contributed by atoms with van der Waals surface area (Å²) >= 11 is 0. The molecular weight excluding hydrogens is 325 g/mol. The number of pyridine rings is 1. The molecule has 0 aliphatic heterocycles. The number of nitrogens with two attached hydrogens (primary N) is 1. The van der Waals surface area contributed by atoms with Gasteiger partial charge < -0.3 is 11.1 Å². The van der Waals surface area contributed by atoms with E-state index in [-0.39, 0.29) is 36.8 Å². The summed E-state index contributed by atoms with van der Waals surface area (Å²) in [5.74, 6) is 0.970. The van der Waals surface area contributed by atoms with Crippen molar-refractivity contribution >= 4 is 30.7 Å². The minimum atomic E-state index is -0.179. The first-order valence-electron chi connectivity index (χ1n) is 6.76. The van der Waals surface area contributed by atoms with Gasteiger partial charge in [0.05, 0.1) is 0 Å². The van der Waals surface area contributed by atoms with Gasteiger partial charge in [0.25, 0.3) is 5.91 Å². The zero-order valence-corrected chi connectivity index (χ0v) is 13.5. The monoisotopic (exact) mass is 343 g/mol. The van der Waals surface area contributed by atoms with Gasteiger partial charge >= 0.3 is 0 Å². The molecule has 2 aromatic rings. The Morgan fingerprint density at radius 1 is 1.36 bits per heavy atom. The first kappa shape index (κ1) is 18.4. The summed E-state index contributed by atoms with van der Waals surface area (Å²) in [5, 5.41) is 7.07. The highest BCUT2D eigenvalue weighted by Gasteiger charge is 2.31. The van der Waals surface area contributed by atoms with Crippen molar-refractivity contribution in [2.45, 2.75) is 18.9 Å². The SMILES string of the molecule is Cl.Cl.NCC(NC(=O)c1cccc(-n2cccn2)n1)C1CC1. The lowest BCUT2D eigenvalue weighted by atomic mass is 10.2. The number of halogens is 2. The Labute approximate surface area is 141 Å². The van der Waals surface area contributed by atoms with Crippen LogP contribution < -0.4 is 11.1 Å². The largest absolute Gasteiger partial charge is 0.346 e. The molecule has 0 saturated heterocycles. The first-order valence-corrected chi connectivity index (χ1v) is 6.76. The van der Waals surface area contributed by atoms with Crippen LogP contribution in [0, 0.1) is 5.92 Å². The number of rotatable bonds is 5. The molecule has 22 heavy (non-hydrogen) atoms. The molecular formula is C14H19Cl2N5O. The van der Waals surface area contributed by atoms with Crippen molar-refractivity contribution in [1.29, 1.82) is 0 Å². The lowest BCUT2D eigenvalue weighted by Gasteiger charge is -2.15. The molecule has 1 aliphatic carbocycles. The van der Waals surface area contributed by atoms with Crippen LogP contribution in [0.1, 0.15) is 23.3 Å². The summed E-state index contributed by atoms with van der Waals surface area (Å²) in [6.07, 6.45) is 5.74. The van der Waals surface area contributed by atoms with E-state index in [1.807, 2.05) is 12.1 Å². The van der Waals surface area contributed by atoms with Crippen LogP contribution >= 0.6 is 24.8 Å². The van der Waals surface area contributed by atoms with Crippen molar-refractivity contribution in [3.63, 3.8) is 0 Å². The Balaban J connectivity index is 0.00000121. The Morgan fingerprint density at radius 2 is 2.14 bits per heavy atom. The summed E-state index contributed by atoms with van der Waals surface area (Å²) in [6.45, 7) is 0.468. The van der Waals surface area contributed by atoms with E-state index in [1.54, 1.807) is 29.2 Å². The van der Waals surface area contributed by atoms with Gasteiger partial charge in [0.1, 0.15) is 5.69 Å². The highest BCUT2D eigenvalue weighted by Crippen LogP contribution is 2.32. The third kappa shape index (κ3) is 4.19. The Hall–Kier alpha value is -1.63. The Bertz CT molecular complexity index is 601. The minimum Gasteiger partial charge on any atom is -0.346 e. The van der Waals surface area contributed by atoms with Crippen LogP contribution in [0.5, 0.6) is 0 Å². The van der Waals surface area contributed by atoms with E-state index in [0.717, 1.165) is 12.8 Å². The van der Waals surface area contributed by atoms with Gasteiger partial charge in [-0.1, -0.05) is 6.07 Å². The van der Waals surface area contributed by atoms with E-state index in [1.165, 1.54) is 0 Å². The maximum absolute atomic E-state index is 12.2. The molecule has 1 fully saturated rings. The predicted octanol–water partition coefficient (Wildman–Crippen LogP) is 1.58. The number of carbonyl (C=O) groups is 1. The average molecular weight is 344 g/mol. The lowest BCUT2D eigenvalue weighted by molar-refractivity contribution is 0.0928. The van der Waals surface area contributed by atoms with Crippen LogP contribution in [-0.4, -0.2) is 33.3 Å². The van der Waals surface area contributed by atoms with Gasteiger partial charge in [-0.05, 0) is 37.0 Å². The smallest absolute Gasteiger partial charge is 0.270 e. The van der Waals surface area contributed by atoms with E-state index >= 15 is 0 Å². The number of hydrogen-bond acceptors (Lipinski definition) is 4. The molecule has 1 saturated carbocycles. The fraction of sp³-hybridized carbons (Fsp3) is 0.357. The molecule has 1 atom stereocenters. The molecule has 8 heteroatoms. The van der Waals surface area contributed by atoms with Crippen LogP contribution in [0.15, 0.2) is 36.7 Å². The van der Waals surface area contributed by atoms with Crippen molar-refractivity contribution in [2.75, 3.05) is 6.54 Å². The molecule has 1 aliphatic rings. The maximum atomic E-state index is 12.2. The van der Waals surface area contributed by atoms with Crippen LogP contribution in [0.4, 0.5) is 0 Å². The molecule has 6 nitrogen and oxygen atoms in total. The third-order valence-electron chi connectivity index (χ3n) is 3.47. The van der Waals surface area contributed by atoms with Crippen LogP contribution in [0.2, 0.25) is 0 Å². The Kier molecular flexibility index (Phi) is 6.80. The summed E-state index contributed by atoms with van der Waals surface area (Å²) in [6, 6.07) is 7.17. The molecule has 3 rings (SSSR count). The van der Waals surface area contributed by atoms with Crippen molar-refractivity contribution in [3.8, 4) is 5.82 Å². The van der Waals surface area contributed by atoms with Gasteiger partial charge in [-0.15, -0.1) is 24.8 Å². The van der Waals surface area contributed by atoms with Gasteiger partial charge in [-0.25, -0.2) is 9.67 Å². The summed E-state index contributed by atoms with van der Waals surface area (Å²) in [5.41, 5.74) is 6.08. The molecule has 2 heterocycles.